The number of benzene rings is 2. The van der Waals surface area contributed by atoms with Gasteiger partial charge in [0.1, 0.15) is 5.60 Å². The average Bonchev–Trinajstić information content (AvgIpc) is 2.73. The van der Waals surface area contributed by atoms with Gasteiger partial charge in [0, 0.05) is 0 Å². The van der Waals surface area contributed by atoms with Gasteiger partial charge < -0.3 is 4.74 Å². The Balaban J connectivity index is 1.74. The molecule has 0 saturated heterocycles. The fourth-order valence-corrected chi connectivity index (χ4v) is 5.07. The van der Waals surface area contributed by atoms with Gasteiger partial charge in [0.25, 0.3) is 0 Å². The number of rotatable bonds is 7. The van der Waals surface area contributed by atoms with E-state index in [0.717, 1.165) is 32.1 Å². The molecular weight excluding hydrogens is 368 g/mol. The van der Waals surface area contributed by atoms with Crippen molar-refractivity contribution in [2.45, 2.75) is 103 Å². The highest BCUT2D eigenvalue weighted by molar-refractivity contribution is 5.83. The van der Waals surface area contributed by atoms with Crippen molar-refractivity contribution < 1.29 is 9.53 Å². The van der Waals surface area contributed by atoms with Crippen LogP contribution in [-0.2, 0) is 9.53 Å². The van der Waals surface area contributed by atoms with Crippen molar-refractivity contribution in [2.75, 3.05) is 0 Å². The van der Waals surface area contributed by atoms with Crippen molar-refractivity contribution in [3.8, 4) is 0 Å². The lowest BCUT2D eigenvalue weighted by Gasteiger charge is -2.38. The number of fused-ring (bicyclic) bond motifs is 1. The smallest absolute Gasteiger partial charge is 0.312 e. The van der Waals surface area contributed by atoms with Crippen molar-refractivity contribution in [1.29, 1.82) is 0 Å². The van der Waals surface area contributed by atoms with Crippen LogP contribution >= 0.6 is 0 Å². The van der Waals surface area contributed by atoms with E-state index in [2.05, 4.69) is 70.2 Å². The first-order valence-electron chi connectivity index (χ1n) is 12.1. The molecule has 0 radical (unpaired) electrons. The molecule has 1 fully saturated rings. The molecule has 1 unspecified atom stereocenters. The number of esters is 1. The number of hydrogen-bond donors (Lipinski definition) is 0. The monoisotopic (exact) mass is 408 g/mol. The van der Waals surface area contributed by atoms with Gasteiger partial charge in [-0.05, 0) is 81.0 Å². The number of carbonyl (C=O) groups excluding carboxylic acids is 1. The highest BCUT2D eigenvalue weighted by Gasteiger charge is 2.39. The maximum Gasteiger partial charge on any atom is 0.312 e. The summed E-state index contributed by atoms with van der Waals surface area (Å²) in [6.45, 7) is 8.56. The summed E-state index contributed by atoms with van der Waals surface area (Å²) < 4.78 is 6.34. The highest BCUT2D eigenvalue weighted by Crippen LogP contribution is 2.39. The summed E-state index contributed by atoms with van der Waals surface area (Å²) in [5.74, 6) is 0.344. The zero-order chi connectivity index (χ0) is 21.6. The second-order valence-electron chi connectivity index (χ2n) is 9.99. The molecule has 1 saturated carbocycles. The topological polar surface area (TPSA) is 26.3 Å². The minimum atomic E-state index is -0.489. The van der Waals surface area contributed by atoms with Crippen LogP contribution in [0.3, 0.4) is 0 Å². The fourth-order valence-electron chi connectivity index (χ4n) is 5.07. The van der Waals surface area contributed by atoms with E-state index in [4.69, 9.17) is 4.74 Å². The van der Waals surface area contributed by atoms with Gasteiger partial charge in [-0.1, -0.05) is 75.6 Å². The molecule has 3 rings (SSSR count). The summed E-state index contributed by atoms with van der Waals surface area (Å²) in [5.41, 5.74) is 0.587. The van der Waals surface area contributed by atoms with Gasteiger partial charge >= 0.3 is 5.97 Å². The molecular formula is C28H40O2. The molecule has 1 atom stereocenters. The molecule has 30 heavy (non-hydrogen) atoms. The lowest BCUT2D eigenvalue weighted by molar-refractivity contribution is -0.174. The predicted molar refractivity (Wildman–Crippen MR) is 127 cm³/mol. The molecule has 2 nitrogen and oxygen atoms in total. The molecule has 1 aliphatic rings. The van der Waals surface area contributed by atoms with E-state index in [1.54, 1.807) is 0 Å². The molecule has 164 valence electrons. The van der Waals surface area contributed by atoms with Crippen LogP contribution < -0.4 is 0 Å². The third kappa shape index (κ3) is 5.45. The first-order valence-corrected chi connectivity index (χ1v) is 12.1. The molecule has 0 aliphatic heterocycles. The van der Waals surface area contributed by atoms with Crippen molar-refractivity contribution in [2.24, 2.45) is 5.41 Å². The van der Waals surface area contributed by atoms with Gasteiger partial charge in [-0.2, -0.15) is 0 Å². The predicted octanol–water partition coefficient (Wildman–Crippen LogP) is 8.19. The van der Waals surface area contributed by atoms with Gasteiger partial charge in [-0.25, -0.2) is 0 Å². The Morgan fingerprint density at radius 2 is 1.60 bits per heavy atom. The maximum absolute atomic E-state index is 13.4. The molecule has 2 aromatic carbocycles. The first kappa shape index (κ1) is 22.8. The molecule has 0 bridgehead atoms. The summed E-state index contributed by atoms with van der Waals surface area (Å²) in [7, 11) is 0. The molecule has 0 spiro atoms. The zero-order valence-corrected chi connectivity index (χ0v) is 19.5. The van der Waals surface area contributed by atoms with Crippen LogP contribution in [0.4, 0.5) is 0 Å². The minimum Gasteiger partial charge on any atom is -0.459 e. The van der Waals surface area contributed by atoms with Crippen LogP contribution in [-0.4, -0.2) is 11.6 Å². The van der Waals surface area contributed by atoms with Crippen LogP contribution in [0.25, 0.3) is 10.8 Å². The third-order valence-corrected chi connectivity index (χ3v) is 7.27. The van der Waals surface area contributed by atoms with Crippen molar-refractivity contribution in [3.63, 3.8) is 0 Å². The summed E-state index contributed by atoms with van der Waals surface area (Å²) in [4.78, 5) is 13.4. The largest absolute Gasteiger partial charge is 0.459 e. The molecule has 0 heterocycles. The van der Waals surface area contributed by atoms with Crippen LogP contribution in [0, 0.1) is 5.41 Å². The second kappa shape index (κ2) is 9.98. The molecule has 2 aromatic rings. The van der Waals surface area contributed by atoms with E-state index in [1.165, 1.54) is 48.4 Å². The standard InChI is InChI=1S/C28H40O2/c1-5-22(25-17-16-23-14-10-11-15-24(23)20-25)21-27(3,4)26(29)30-28(6-2)18-12-8-7-9-13-19-28/h10-11,14-17,20,22H,5-9,12-13,18-19,21H2,1-4H3. The maximum atomic E-state index is 13.4. The van der Waals surface area contributed by atoms with E-state index >= 15 is 0 Å². The number of carbonyl (C=O) groups is 1. The average molecular weight is 409 g/mol. The van der Waals surface area contributed by atoms with Crippen LogP contribution in [0.1, 0.15) is 103 Å². The summed E-state index contributed by atoms with van der Waals surface area (Å²) in [6.07, 6.45) is 11.0. The van der Waals surface area contributed by atoms with Gasteiger partial charge in [-0.15, -0.1) is 0 Å². The van der Waals surface area contributed by atoms with E-state index < -0.39 is 5.41 Å². The summed E-state index contributed by atoms with van der Waals surface area (Å²) in [5, 5.41) is 2.54. The van der Waals surface area contributed by atoms with Crippen LogP contribution in [0.5, 0.6) is 0 Å². The Morgan fingerprint density at radius 1 is 0.967 bits per heavy atom. The quantitative estimate of drug-likeness (QED) is 0.432. The zero-order valence-electron chi connectivity index (χ0n) is 19.5. The molecule has 0 amide bonds. The van der Waals surface area contributed by atoms with Gasteiger partial charge in [-0.3, -0.25) is 4.79 Å². The second-order valence-corrected chi connectivity index (χ2v) is 9.99. The third-order valence-electron chi connectivity index (χ3n) is 7.27. The Labute approximate surface area is 183 Å². The fraction of sp³-hybridized carbons (Fsp3) is 0.607. The van der Waals surface area contributed by atoms with Crippen LogP contribution in [0.15, 0.2) is 42.5 Å². The van der Waals surface area contributed by atoms with E-state index in [9.17, 15) is 4.79 Å². The van der Waals surface area contributed by atoms with Crippen molar-refractivity contribution >= 4 is 16.7 Å². The highest BCUT2D eigenvalue weighted by atomic mass is 16.6. The van der Waals surface area contributed by atoms with E-state index in [-0.39, 0.29) is 11.6 Å². The summed E-state index contributed by atoms with van der Waals surface area (Å²) >= 11 is 0. The number of hydrogen-bond acceptors (Lipinski definition) is 2. The van der Waals surface area contributed by atoms with Crippen molar-refractivity contribution in [1.82, 2.24) is 0 Å². The molecule has 0 aromatic heterocycles. The van der Waals surface area contributed by atoms with Gasteiger partial charge in [0.2, 0.25) is 0 Å². The molecule has 0 N–H and O–H groups in total. The normalized spacial score (nSPS) is 18.4. The van der Waals surface area contributed by atoms with E-state index in [0.29, 0.717) is 5.92 Å². The Morgan fingerprint density at radius 3 is 2.23 bits per heavy atom. The van der Waals surface area contributed by atoms with Crippen molar-refractivity contribution in [3.05, 3.63) is 48.0 Å². The van der Waals surface area contributed by atoms with Crippen LogP contribution in [0.2, 0.25) is 0 Å². The Hall–Kier alpha value is -1.83. The minimum absolute atomic E-state index is 0.0100. The Kier molecular flexibility index (Phi) is 7.60. The lowest BCUT2D eigenvalue weighted by Crippen LogP contribution is -2.40. The SMILES string of the molecule is CCC(CC(C)(C)C(=O)OC1(CC)CCCCCCC1)c1ccc2ccccc2c1. The lowest BCUT2D eigenvalue weighted by atomic mass is 9.78. The number of ether oxygens (including phenoxy) is 1. The van der Waals surface area contributed by atoms with Gasteiger partial charge in [0.05, 0.1) is 5.41 Å². The first-order chi connectivity index (χ1) is 14.4. The molecule has 2 heteroatoms. The summed E-state index contributed by atoms with van der Waals surface area (Å²) in [6, 6.07) is 15.2. The molecule has 1 aliphatic carbocycles. The van der Waals surface area contributed by atoms with E-state index in [1.807, 2.05) is 0 Å². The van der Waals surface area contributed by atoms with Gasteiger partial charge in [0.15, 0.2) is 0 Å². The Bertz CT molecular complexity index is 827.